The van der Waals surface area contributed by atoms with E-state index in [0.717, 1.165) is 32.1 Å². The number of aliphatic hydroxyl groups excluding tert-OH is 1. The lowest BCUT2D eigenvalue weighted by Gasteiger charge is -2.38. The van der Waals surface area contributed by atoms with Crippen LogP contribution in [0.5, 0.6) is 0 Å². The highest BCUT2D eigenvalue weighted by Gasteiger charge is 2.38. The first kappa shape index (κ1) is 14.1. The Morgan fingerprint density at radius 1 is 1.21 bits per heavy atom. The van der Waals surface area contributed by atoms with Crippen LogP contribution in [0, 0.1) is 0 Å². The van der Waals surface area contributed by atoms with Crippen molar-refractivity contribution in [2.75, 3.05) is 19.7 Å². The number of carbonyl (C=O) groups excluding carboxylic acids is 1. The monoisotopic (exact) mass is 270 g/mol. The molecule has 1 heterocycles. The third-order valence-corrected chi connectivity index (χ3v) is 3.87. The summed E-state index contributed by atoms with van der Waals surface area (Å²) in [6, 6.07) is -0.00959. The van der Waals surface area contributed by atoms with Crippen molar-refractivity contribution in [3.05, 3.63) is 0 Å². The van der Waals surface area contributed by atoms with Gasteiger partial charge in [0.25, 0.3) is 0 Å². The highest BCUT2D eigenvalue weighted by molar-refractivity contribution is 5.81. The Morgan fingerprint density at radius 3 is 2.53 bits per heavy atom. The second kappa shape index (κ2) is 6.23. The Hall–Kier alpha value is -1.30. The molecule has 0 aromatic heterocycles. The number of carboxylic acids is 1. The van der Waals surface area contributed by atoms with E-state index in [1.807, 2.05) is 0 Å². The molecule has 1 aliphatic heterocycles. The zero-order valence-electron chi connectivity index (χ0n) is 11.1. The average molecular weight is 270 g/mol. The summed E-state index contributed by atoms with van der Waals surface area (Å²) in [5.41, 5.74) is 0. The van der Waals surface area contributed by atoms with E-state index in [0.29, 0.717) is 13.0 Å². The molecule has 0 aromatic rings. The molecule has 0 aromatic carbocycles. The molecular weight excluding hydrogens is 248 g/mol. The number of aliphatic carboxylic acids is 1. The molecule has 2 aliphatic rings. The van der Waals surface area contributed by atoms with Gasteiger partial charge in [-0.2, -0.15) is 0 Å². The van der Waals surface area contributed by atoms with Gasteiger partial charge in [0, 0.05) is 25.2 Å². The van der Waals surface area contributed by atoms with Crippen LogP contribution in [-0.2, 0) is 4.79 Å². The van der Waals surface area contributed by atoms with Gasteiger partial charge in [0.15, 0.2) is 0 Å². The van der Waals surface area contributed by atoms with E-state index in [1.165, 1.54) is 4.90 Å². The molecule has 2 rings (SSSR count). The lowest BCUT2D eigenvalue weighted by atomic mass is 10.00. The van der Waals surface area contributed by atoms with Gasteiger partial charge in [0.05, 0.1) is 0 Å². The van der Waals surface area contributed by atoms with E-state index in [2.05, 4.69) is 0 Å². The second-order valence-electron chi connectivity index (χ2n) is 5.39. The van der Waals surface area contributed by atoms with Crippen LogP contribution in [0.15, 0.2) is 0 Å². The Labute approximate surface area is 113 Å². The van der Waals surface area contributed by atoms with Crippen molar-refractivity contribution in [1.82, 2.24) is 9.80 Å². The smallest absolute Gasteiger partial charge is 0.323 e. The number of piperidine rings is 1. The molecule has 1 saturated heterocycles. The largest absolute Gasteiger partial charge is 0.480 e. The number of amides is 2. The topological polar surface area (TPSA) is 81.1 Å². The van der Waals surface area contributed by atoms with Crippen LogP contribution in [0.1, 0.15) is 38.5 Å². The van der Waals surface area contributed by atoms with Crippen LogP contribution in [0.25, 0.3) is 0 Å². The van der Waals surface area contributed by atoms with E-state index >= 15 is 0 Å². The van der Waals surface area contributed by atoms with Crippen LogP contribution in [-0.4, -0.2) is 63.8 Å². The Bertz CT molecular complexity index is 342. The standard InChI is InChI=1S/C13H22N2O4/c16-8-6-10-3-1-2-7-14(10)13(19)15(9-12(17)18)11-4-5-11/h10-11,16H,1-9H2,(H,17,18). The van der Waals surface area contributed by atoms with Gasteiger partial charge in [0.1, 0.15) is 6.54 Å². The SMILES string of the molecule is O=C(O)CN(C(=O)N1CCCCC1CCO)C1CC1. The lowest BCUT2D eigenvalue weighted by molar-refractivity contribution is -0.138. The van der Waals surface area contributed by atoms with E-state index < -0.39 is 5.97 Å². The van der Waals surface area contributed by atoms with E-state index in [4.69, 9.17) is 10.2 Å². The summed E-state index contributed by atoms with van der Waals surface area (Å²) in [7, 11) is 0. The van der Waals surface area contributed by atoms with Crippen molar-refractivity contribution in [1.29, 1.82) is 0 Å². The molecule has 1 saturated carbocycles. The van der Waals surface area contributed by atoms with Crippen molar-refractivity contribution >= 4 is 12.0 Å². The molecule has 6 nitrogen and oxygen atoms in total. The fourth-order valence-electron chi connectivity index (χ4n) is 2.75. The van der Waals surface area contributed by atoms with Crippen LogP contribution in [0.4, 0.5) is 4.79 Å². The molecule has 0 spiro atoms. The van der Waals surface area contributed by atoms with Gasteiger partial charge < -0.3 is 20.0 Å². The third-order valence-electron chi connectivity index (χ3n) is 3.87. The molecule has 108 valence electrons. The predicted molar refractivity (Wildman–Crippen MR) is 68.8 cm³/mol. The molecule has 1 aliphatic carbocycles. The molecule has 0 bridgehead atoms. The summed E-state index contributed by atoms with van der Waals surface area (Å²) < 4.78 is 0. The average Bonchev–Trinajstić information content (AvgIpc) is 3.20. The third kappa shape index (κ3) is 3.59. The molecule has 1 atom stereocenters. The van der Waals surface area contributed by atoms with Crippen LogP contribution in [0.3, 0.4) is 0 Å². The predicted octanol–water partition coefficient (Wildman–Crippen LogP) is 0.892. The van der Waals surface area contributed by atoms with Crippen molar-refractivity contribution in [3.63, 3.8) is 0 Å². The fourth-order valence-corrected chi connectivity index (χ4v) is 2.75. The molecule has 19 heavy (non-hydrogen) atoms. The zero-order chi connectivity index (χ0) is 13.8. The number of urea groups is 1. The first-order valence-corrected chi connectivity index (χ1v) is 7.03. The van der Waals surface area contributed by atoms with Crippen molar-refractivity contribution in [2.45, 2.75) is 50.6 Å². The number of carbonyl (C=O) groups is 2. The maximum atomic E-state index is 12.5. The Balaban J connectivity index is 2.03. The van der Waals surface area contributed by atoms with Gasteiger partial charge in [-0.3, -0.25) is 4.79 Å². The number of likely N-dealkylation sites (tertiary alicyclic amines) is 1. The first-order chi connectivity index (χ1) is 9.13. The molecular formula is C13H22N2O4. The fraction of sp³-hybridized carbons (Fsp3) is 0.846. The number of hydrogen-bond acceptors (Lipinski definition) is 3. The quantitative estimate of drug-likeness (QED) is 0.777. The van der Waals surface area contributed by atoms with Gasteiger partial charge in [0.2, 0.25) is 0 Å². The van der Waals surface area contributed by atoms with Crippen LogP contribution in [0.2, 0.25) is 0 Å². The maximum absolute atomic E-state index is 12.5. The number of nitrogens with zero attached hydrogens (tertiary/aromatic N) is 2. The highest BCUT2D eigenvalue weighted by Crippen LogP contribution is 2.29. The van der Waals surface area contributed by atoms with Crippen LogP contribution < -0.4 is 0 Å². The number of hydrogen-bond donors (Lipinski definition) is 2. The number of aliphatic hydroxyl groups is 1. The van der Waals surface area contributed by atoms with Crippen molar-refractivity contribution < 1.29 is 19.8 Å². The molecule has 2 fully saturated rings. The molecule has 6 heteroatoms. The van der Waals surface area contributed by atoms with Gasteiger partial charge in [-0.25, -0.2) is 4.79 Å². The summed E-state index contributed by atoms with van der Waals surface area (Å²) in [5, 5.41) is 18.0. The molecule has 0 radical (unpaired) electrons. The Kier molecular flexibility index (Phi) is 4.63. The molecule has 2 amide bonds. The minimum Gasteiger partial charge on any atom is -0.480 e. The highest BCUT2D eigenvalue weighted by atomic mass is 16.4. The summed E-state index contributed by atoms with van der Waals surface area (Å²) >= 11 is 0. The molecule has 1 unspecified atom stereocenters. The normalized spacial score (nSPS) is 23.2. The second-order valence-corrected chi connectivity index (χ2v) is 5.39. The number of rotatable bonds is 5. The van der Waals surface area contributed by atoms with Gasteiger partial charge >= 0.3 is 12.0 Å². The van der Waals surface area contributed by atoms with E-state index in [1.54, 1.807) is 4.90 Å². The van der Waals surface area contributed by atoms with E-state index in [9.17, 15) is 9.59 Å². The summed E-state index contributed by atoms with van der Waals surface area (Å²) in [6.45, 7) is 0.523. The maximum Gasteiger partial charge on any atom is 0.323 e. The van der Waals surface area contributed by atoms with Crippen LogP contribution >= 0.6 is 0 Å². The molecule has 2 N–H and O–H groups in total. The minimum absolute atomic E-state index is 0.0568. The minimum atomic E-state index is -0.962. The van der Waals surface area contributed by atoms with Crippen molar-refractivity contribution in [3.8, 4) is 0 Å². The number of carboxylic acid groups (broad SMARTS) is 1. The zero-order valence-corrected chi connectivity index (χ0v) is 11.1. The van der Waals surface area contributed by atoms with E-state index in [-0.39, 0.29) is 31.3 Å². The van der Waals surface area contributed by atoms with Gasteiger partial charge in [-0.15, -0.1) is 0 Å². The van der Waals surface area contributed by atoms with Gasteiger partial charge in [-0.1, -0.05) is 0 Å². The summed E-state index contributed by atoms with van der Waals surface area (Å²) in [4.78, 5) is 26.6. The Morgan fingerprint density at radius 2 is 1.95 bits per heavy atom. The lowest BCUT2D eigenvalue weighted by Crippen LogP contribution is -2.52. The van der Waals surface area contributed by atoms with Crippen molar-refractivity contribution in [2.24, 2.45) is 0 Å². The van der Waals surface area contributed by atoms with Gasteiger partial charge in [-0.05, 0) is 38.5 Å². The first-order valence-electron chi connectivity index (χ1n) is 7.03. The summed E-state index contributed by atoms with van der Waals surface area (Å²) in [5.74, 6) is -0.962. The summed E-state index contributed by atoms with van der Waals surface area (Å²) in [6.07, 6.45) is 5.31.